The lowest BCUT2D eigenvalue weighted by molar-refractivity contribution is 0.627. The van der Waals surface area contributed by atoms with Crippen LogP contribution in [-0.2, 0) is 6.54 Å². The van der Waals surface area contributed by atoms with Gasteiger partial charge >= 0.3 is 0 Å². The van der Waals surface area contributed by atoms with Gasteiger partial charge in [-0.25, -0.2) is 4.39 Å². The second kappa shape index (κ2) is 5.27. The van der Waals surface area contributed by atoms with Crippen LogP contribution in [0.25, 0.3) is 0 Å². The van der Waals surface area contributed by atoms with Gasteiger partial charge in [0.1, 0.15) is 5.82 Å². The first kappa shape index (κ1) is 12.7. The van der Waals surface area contributed by atoms with Gasteiger partial charge in [0.25, 0.3) is 0 Å². The summed E-state index contributed by atoms with van der Waals surface area (Å²) in [5.41, 5.74) is 8.48. The molecule has 4 heteroatoms. The number of hydrogen-bond donors (Lipinski definition) is 1. The quantitative estimate of drug-likeness (QED) is 0.857. The maximum absolute atomic E-state index is 12.8. The van der Waals surface area contributed by atoms with Crippen molar-refractivity contribution in [1.29, 1.82) is 0 Å². The van der Waals surface area contributed by atoms with E-state index in [4.69, 9.17) is 17.3 Å². The van der Waals surface area contributed by atoms with Gasteiger partial charge < -0.3 is 10.6 Å². The maximum Gasteiger partial charge on any atom is 0.123 e. The van der Waals surface area contributed by atoms with Crippen LogP contribution in [0.4, 0.5) is 15.8 Å². The molecule has 2 aromatic rings. The van der Waals surface area contributed by atoms with Crippen molar-refractivity contribution in [3.63, 3.8) is 0 Å². The van der Waals surface area contributed by atoms with Gasteiger partial charge in [0.05, 0.1) is 0 Å². The molecule has 0 aliphatic heterocycles. The predicted molar refractivity (Wildman–Crippen MR) is 74.4 cm³/mol. The van der Waals surface area contributed by atoms with Gasteiger partial charge in [0, 0.05) is 30.0 Å². The van der Waals surface area contributed by atoms with E-state index >= 15 is 0 Å². The Bertz CT molecular complexity index is 540. The van der Waals surface area contributed by atoms with E-state index < -0.39 is 0 Å². The van der Waals surface area contributed by atoms with Crippen LogP contribution in [0.1, 0.15) is 5.56 Å². The van der Waals surface area contributed by atoms with Crippen LogP contribution in [0.2, 0.25) is 5.02 Å². The lowest BCUT2D eigenvalue weighted by Gasteiger charge is -2.20. The molecule has 0 spiro atoms. The Kier molecular flexibility index (Phi) is 3.72. The highest BCUT2D eigenvalue weighted by atomic mass is 35.5. The molecule has 0 saturated carbocycles. The highest BCUT2D eigenvalue weighted by Crippen LogP contribution is 2.22. The molecule has 2 rings (SSSR count). The number of nitrogens with two attached hydrogens (primary N) is 1. The smallest absolute Gasteiger partial charge is 0.123 e. The van der Waals surface area contributed by atoms with E-state index in [0.717, 1.165) is 11.3 Å². The lowest BCUT2D eigenvalue weighted by atomic mass is 10.1. The average molecular weight is 265 g/mol. The van der Waals surface area contributed by atoms with Crippen LogP contribution in [0, 0.1) is 5.82 Å². The number of nitrogen functional groups attached to an aromatic ring is 1. The molecule has 0 amide bonds. The van der Waals surface area contributed by atoms with Crippen LogP contribution in [-0.4, -0.2) is 7.05 Å². The Morgan fingerprint density at radius 2 is 1.83 bits per heavy atom. The molecule has 0 fully saturated rings. The molecule has 94 valence electrons. The summed E-state index contributed by atoms with van der Waals surface area (Å²) in [6.07, 6.45) is 0. The fraction of sp³-hybridized carbons (Fsp3) is 0.143. The molecule has 0 heterocycles. The molecular formula is C14H14ClFN2. The van der Waals surface area contributed by atoms with Gasteiger partial charge in [-0.3, -0.25) is 0 Å². The predicted octanol–water partition coefficient (Wildman–Crippen LogP) is 3.70. The highest BCUT2D eigenvalue weighted by molar-refractivity contribution is 6.30. The summed E-state index contributed by atoms with van der Waals surface area (Å²) in [5, 5.41) is 0.659. The zero-order chi connectivity index (χ0) is 13.1. The van der Waals surface area contributed by atoms with Crippen LogP contribution >= 0.6 is 11.6 Å². The molecule has 0 saturated heterocycles. The van der Waals surface area contributed by atoms with Crippen molar-refractivity contribution in [2.24, 2.45) is 0 Å². The Morgan fingerprint density at radius 1 is 1.17 bits per heavy atom. The lowest BCUT2D eigenvalue weighted by Crippen LogP contribution is -2.17. The SMILES string of the molecule is CN(Cc1cc(Cl)ccc1N)c1ccc(F)cc1. The van der Waals surface area contributed by atoms with Gasteiger partial charge in [-0.15, -0.1) is 0 Å². The fourth-order valence-corrected chi connectivity index (χ4v) is 1.95. The second-order valence-corrected chi connectivity index (χ2v) is 4.61. The van der Waals surface area contributed by atoms with Crippen LogP contribution < -0.4 is 10.6 Å². The van der Waals surface area contributed by atoms with Gasteiger partial charge in [-0.2, -0.15) is 0 Å². The third kappa shape index (κ3) is 2.93. The van der Waals surface area contributed by atoms with Gasteiger partial charge in [0.15, 0.2) is 0 Å². The minimum Gasteiger partial charge on any atom is -0.398 e. The average Bonchev–Trinajstić information content (AvgIpc) is 2.34. The zero-order valence-electron chi connectivity index (χ0n) is 10.0. The van der Waals surface area contributed by atoms with Crippen molar-refractivity contribution < 1.29 is 4.39 Å². The first-order valence-electron chi connectivity index (χ1n) is 5.57. The van der Waals surface area contributed by atoms with Crippen molar-refractivity contribution in [3.05, 3.63) is 58.9 Å². The minimum absolute atomic E-state index is 0.241. The monoisotopic (exact) mass is 264 g/mol. The molecule has 0 aromatic heterocycles. The Morgan fingerprint density at radius 3 is 2.50 bits per heavy atom. The number of anilines is 2. The van der Waals surface area contributed by atoms with E-state index in [9.17, 15) is 4.39 Å². The third-order valence-corrected chi connectivity index (χ3v) is 3.02. The standard InChI is InChI=1S/C14H14ClFN2/c1-18(13-5-3-12(16)4-6-13)9-10-8-11(15)2-7-14(10)17/h2-8H,9,17H2,1H3. The number of rotatable bonds is 3. The van der Waals surface area contributed by atoms with Crippen LogP contribution in [0.15, 0.2) is 42.5 Å². The number of benzene rings is 2. The molecule has 18 heavy (non-hydrogen) atoms. The van der Waals surface area contributed by atoms with E-state index in [1.54, 1.807) is 24.3 Å². The minimum atomic E-state index is -0.241. The molecule has 2 nitrogen and oxygen atoms in total. The molecule has 0 unspecified atom stereocenters. The second-order valence-electron chi connectivity index (χ2n) is 4.18. The summed E-state index contributed by atoms with van der Waals surface area (Å²) in [6, 6.07) is 11.7. The third-order valence-electron chi connectivity index (χ3n) is 2.78. The molecule has 0 bridgehead atoms. The van der Waals surface area contributed by atoms with Crippen molar-refractivity contribution in [1.82, 2.24) is 0 Å². The number of nitrogens with zero attached hydrogens (tertiary/aromatic N) is 1. The molecule has 0 atom stereocenters. The van der Waals surface area contributed by atoms with Gasteiger partial charge in [-0.1, -0.05) is 11.6 Å². The first-order chi connectivity index (χ1) is 8.56. The van der Waals surface area contributed by atoms with E-state index in [1.807, 2.05) is 18.0 Å². The molecule has 0 aliphatic rings. The number of hydrogen-bond acceptors (Lipinski definition) is 2. The number of halogens is 2. The van der Waals surface area contributed by atoms with Crippen molar-refractivity contribution in [2.75, 3.05) is 17.7 Å². The summed E-state index contributed by atoms with van der Waals surface area (Å²) >= 11 is 5.94. The Hall–Kier alpha value is -1.74. The molecule has 0 radical (unpaired) electrons. The first-order valence-corrected chi connectivity index (χ1v) is 5.94. The zero-order valence-corrected chi connectivity index (χ0v) is 10.8. The van der Waals surface area contributed by atoms with E-state index in [-0.39, 0.29) is 5.82 Å². The van der Waals surface area contributed by atoms with E-state index in [0.29, 0.717) is 17.3 Å². The van der Waals surface area contributed by atoms with E-state index in [1.165, 1.54) is 12.1 Å². The van der Waals surface area contributed by atoms with Crippen molar-refractivity contribution in [3.8, 4) is 0 Å². The summed E-state index contributed by atoms with van der Waals surface area (Å²) in [4.78, 5) is 1.99. The summed E-state index contributed by atoms with van der Waals surface area (Å²) in [7, 11) is 1.92. The molecule has 2 N–H and O–H groups in total. The largest absolute Gasteiger partial charge is 0.398 e. The summed E-state index contributed by atoms with van der Waals surface area (Å²) < 4.78 is 12.8. The summed E-state index contributed by atoms with van der Waals surface area (Å²) in [6.45, 7) is 0.623. The normalized spacial score (nSPS) is 10.4. The Balaban J connectivity index is 2.18. The Labute approximate surface area is 111 Å². The maximum atomic E-state index is 12.8. The van der Waals surface area contributed by atoms with Crippen LogP contribution in [0.5, 0.6) is 0 Å². The van der Waals surface area contributed by atoms with Crippen molar-refractivity contribution >= 4 is 23.0 Å². The van der Waals surface area contributed by atoms with E-state index in [2.05, 4.69) is 0 Å². The van der Waals surface area contributed by atoms with Gasteiger partial charge in [-0.05, 0) is 48.0 Å². The molecular weight excluding hydrogens is 251 g/mol. The molecule has 0 aliphatic carbocycles. The summed E-state index contributed by atoms with van der Waals surface area (Å²) in [5.74, 6) is -0.241. The topological polar surface area (TPSA) is 29.3 Å². The fourth-order valence-electron chi connectivity index (χ4n) is 1.75. The van der Waals surface area contributed by atoms with Gasteiger partial charge in [0.2, 0.25) is 0 Å². The highest BCUT2D eigenvalue weighted by Gasteiger charge is 2.06. The molecule has 2 aromatic carbocycles. The van der Waals surface area contributed by atoms with Crippen LogP contribution in [0.3, 0.4) is 0 Å². The van der Waals surface area contributed by atoms with Crippen molar-refractivity contribution in [2.45, 2.75) is 6.54 Å².